The van der Waals surface area contributed by atoms with Crippen molar-refractivity contribution in [1.29, 1.82) is 0 Å². The lowest BCUT2D eigenvalue weighted by molar-refractivity contribution is 0.0560. The normalized spacial score (nSPS) is 19.7. The van der Waals surface area contributed by atoms with E-state index in [-0.39, 0.29) is 12.5 Å². The molecule has 0 unspecified atom stereocenters. The number of pyridine rings is 1. The van der Waals surface area contributed by atoms with Gasteiger partial charge in [-0.1, -0.05) is 30.3 Å². The predicted molar refractivity (Wildman–Crippen MR) is 99.9 cm³/mol. The van der Waals surface area contributed by atoms with Gasteiger partial charge in [-0.2, -0.15) is 0 Å². The van der Waals surface area contributed by atoms with Gasteiger partial charge < -0.3 is 15.7 Å². The first-order chi connectivity index (χ1) is 12.2. The molecule has 1 fully saturated rings. The molecule has 0 aliphatic carbocycles. The van der Waals surface area contributed by atoms with Crippen LogP contribution in [0.3, 0.4) is 0 Å². The van der Waals surface area contributed by atoms with Crippen molar-refractivity contribution >= 4 is 17.7 Å². The van der Waals surface area contributed by atoms with Gasteiger partial charge in [-0.3, -0.25) is 4.79 Å². The van der Waals surface area contributed by atoms with E-state index < -0.39 is 5.60 Å². The number of nitrogens with zero attached hydrogens (tertiary/aromatic N) is 1. The molecule has 2 aromatic rings. The van der Waals surface area contributed by atoms with Crippen molar-refractivity contribution in [2.75, 3.05) is 25.4 Å². The third-order valence-corrected chi connectivity index (χ3v) is 5.29. The Morgan fingerprint density at radius 1 is 1.28 bits per heavy atom. The largest absolute Gasteiger partial charge is 0.387 e. The van der Waals surface area contributed by atoms with Gasteiger partial charge in [-0.25, -0.2) is 4.98 Å². The van der Waals surface area contributed by atoms with Crippen molar-refractivity contribution in [3.63, 3.8) is 0 Å². The summed E-state index contributed by atoms with van der Waals surface area (Å²) in [7, 11) is 0. The minimum Gasteiger partial charge on any atom is -0.387 e. The predicted octanol–water partition coefficient (Wildman–Crippen LogP) is 1.87. The summed E-state index contributed by atoms with van der Waals surface area (Å²) in [4.78, 5) is 16.9. The maximum atomic E-state index is 12.5. The van der Waals surface area contributed by atoms with E-state index in [2.05, 4.69) is 27.8 Å². The van der Waals surface area contributed by atoms with Crippen molar-refractivity contribution in [3.05, 3.63) is 59.8 Å². The average molecular weight is 357 g/mol. The number of β-amino-alcohol motifs (C(OH)–C–C–N with tert-alkyl or cyclic N) is 1. The summed E-state index contributed by atoms with van der Waals surface area (Å²) in [6, 6.07) is 13.8. The minimum atomic E-state index is -0.849. The zero-order valence-electron chi connectivity index (χ0n) is 14.1. The minimum absolute atomic E-state index is 0.185. The van der Waals surface area contributed by atoms with Crippen molar-refractivity contribution in [2.45, 2.75) is 23.5 Å². The van der Waals surface area contributed by atoms with E-state index in [0.717, 1.165) is 23.7 Å². The van der Waals surface area contributed by atoms with Crippen LogP contribution < -0.4 is 10.6 Å². The van der Waals surface area contributed by atoms with Crippen LogP contribution in [0.2, 0.25) is 0 Å². The Labute approximate surface area is 152 Å². The highest BCUT2D eigenvalue weighted by atomic mass is 32.2. The SMILES string of the molecule is O=C(NC[C@@]1(O)CCNC1)c1cccnc1SCCc1ccccc1. The molecule has 0 spiro atoms. The topological polar surface area (TPSA) is 74.2 Å². The second kappa shape index (κ2) is 8.47. The smallest absolute Gasteiger partial charge is 0.254 e. The average Bonchev–Trinajstić information content (AvgIpc) is 3.08. The molecule has 25 heavy (non-hydrogen) atoms. The highest BCUT2D eigenvalue weighted by Crippen LogP contribution is 2.21. The maximum Gasteiger partial charge on any atom is 0.254 e. The number of benzene rings is 1. The first-order valence-corrected chi connectivity index (χ1v) is 9.48. The van der Waals surface area contributed by atoms with E-state index in [1.54, 1.807) is 30.1 Å². The second-order valence-corrected chi connectivity index (χ2v) is 7.36. The number of amides is 1. The quantitative estimate of drug-likeness (QED) is 0.660. The molecule has 0 radical (unpaired) electrons. The van der Waals surface area contributed by atoms with Gasteiger partial charge in [0.15, 0.2) is 0 Å². The summed E-state index contributed by atoms with van der Waals surface area (Å²) in [5.74, 6) is 0.672. The number of aromatic nitrogens is 1. The second-order valence-electron chi connectivity index (χ2n) is 6.27. The molecule has 0 saturated carbocycles. The Hall–Kier alpha value is -1.89. The fourth-order valence-electron chi connectivity index (χ4n) is 2.81. The molecule has 3 N–H and O–H groups in total. The van der Waals surface area contributed by atoms with Crippen LogP contribution in [-0.4, -0.2) is 47.0 Å². The van der Waals surface area contributed by atoms with E-state index in [4.69, 9.17) is 0 Å². The van der Waals surface area contributed by atoms with Gasteiger partial charge in [-0.15, -0.1) is 11.8 Å². The third kappa shape index (κ3) is 5.04. The lowest BCUT2D eigenvalue weighted by Gasteiger charge is -2.21. The van der Waals surface area contributed by atoms with Crippen LogP contribution in [0.15, 0.2) is 53.7 Å². The van der Waals surface area contributed by atoms with Crippen molar-refractivity contribution in [1.82, 2.24) is 15.6 Å². The van der Waals surface area contributed by atoms with E-state index in [1.807, 2.05) is 18.2 Å². The van der Waals surface area contributed by atoms with Crippen LogP contribution in [0.25, 0.3) is 0 Å². The van der Waals surface area contributed by atoms with Crippen molar-refractivity contribution in [3.8, 4) is 0 Å². The summed E-state index contributed by atoms with van der Waals surface area (Å²) < 4.78 is 0. The molecule has 1 amide bonds. The Balaban J connectivity index is 1.57. The molecule has 1 aliphatic heterocycles. The van der Waals surface area contributed by atoms with Crippen molar-refractivity contribution in [2.24, 2.45) is 0 Å². The lowest BCUT2D eigenvalue weighted by Crippen LogP contribution is -2.44. The number of aliphatic hydroxyl groups is 1. The zero-order valence-corrected chi connectivity index (χ0v) is 14.9. The number of hydrogen-bond donors (Lipinski definition) is 3. The Bertz CT molecular complexity index is 703. The number of rotatable bonds is 7. The van der Waals surface area contributed by atoms with Crippen LogP contribution in [-0.2, 0) is 6.42 Å². The summed E-state index contributed by atoms with van der Waals surface area (Å²) in [6.07, 6.45) is 3.28. The molecular weight excluding hydrogens is 334 g/mol. The molecule has 5 nitrogen and oxygen atoms in total. The Morgan fingerprint density at radius 2 is 2.12 bits per heavy atom. The van der Waals surface area contributed by atoms with Gasteiger partial charge in [0.05, 0.1) is 11.2 Å². The van der Waals surface area contributed by atoms with Gasteiger partial charge in [0.1, 0.15) is 5.03 Å². The fourth-order valence-corrected chi connectivity index (χ4v) is 3.79. The first-order valence-electron chi connectivity index (χ1n) is 8.49. The molecule has 132 valence electrons. The number of aryl methyl sites for hydroxylation is 1. The summed E-state index contributed by atoms with van der Waals surface area (Å²) in [5, 5.41) is 17.0. The van der Waals surface area contributed by atoms with Gasteiger partial charge >= 0.3 is 0 Å². The molecule has 1 aromatic heterocycles. The summed E-state index contributed by atoms with van der Waals surface area (Å²) >= 11 is 1.58. The monoisotopic (exact) mass is 357 g/mol. The summed E-state index contributed by atoms with van der Waals surface area (Å²) in [5.41, 5.74) is 0.987. The van der Waals surface area contributed by atoms with Gasteiger partial charge in [0.25, 0.3) is 5.91 Å². The van der Waals surface area contributed by atoms with Gasteiger partial charge in [0, 0.05) is 25.0 Å². The molecule has 1 aromatic carbocycles. The Kier molecular flexibility index (Phi) is 6.07. The van der Waals surface area contributed by atoms with Gasteiger partial charge in [-0.05, 0) is 37.1 Å². The van der Waals surface area contributed by atoms with Crippen LogP contribution in [0, 0.1) is 0 Å². The molecular formula is C19H23N3O2S. The van der Waals surface area contributed by atoms with Crippen molar-refractivity contribution < 1.29 is 9.90 Å². The number of hydrogen-bond acceptors (Lipinski definition) is 5. The standard InChI is InChI=1S/C19H23N3O2S/c23-17(22-14-19(24)9-11-20-13-19)16-7-4-10-21-18(16)25-12-8-15-5-2-1-3-6-15/h1-7,10,20,24H,8-9,11-14H2,(H,22,23)/t19-/m1/s1. The van der Waals surface area contributed by atoms with E-state index >= 15 is 0 Å². The van der Waals surface area contributed by atoms with Crippen LogP contribution in [0.4, 0.5) is 0 Å². The van der Waals surface area contributed by atoms with Crippen LogP contribution in [0.5, 0.6) is 0 Å². The highest BCUT2D eigenvalue weighted by Gasteiger charge is 2.31. The zero-order chi connectivity index (χ0) is 17.5. The molecule has 1 atom stereocenters. The molecule has 3 rings (SSSR count). The molecule has 1 saturated heterocycles. The number of carbonyl (C=O) groups is 1. The first kappa shape index (κ1) is 17.9. The lowest BCUT2D eigenvalue weighted by atomic mass is 10.0. The molecule has 6 heteroatoms. The van der Waals surface area contributed by atoms with E-state index in [1.165, 1.54) is 5.56 Å². The highest BCUT2D eigenvalue weighted by molar-refractivity contribution is 7.99. The number of carbonyl (C=O) groups excluding carboxylic acids is 1. The van der Waals surface area contributed by atoms with Gasteiger partial charge in [0.2, 0.25) is 0 Å². The molecule has 1 aliphatic rings. The maximum absolute atomic E-state index is 12.5. The van der Waals surface area contributed by atoms with Crippen LogP contribution in [0.1, 0.15) is 22.3 Å². The third-order valence-electron chi connectivity index (χ3n) is 4.29. The van der Waals surface area contributed by atoms with E-state index in [0.29, 0.717) is 18.5 Å². The van der Waals surface area contributed by atoms with Crippen LogP contribution >= 0.6 is 11.8 Å². The number of thioether (sulfide) groups is 1. The fraction of sp³-hybridized carbons (Fsp3) is 0.368. The molecule has 0 bridgehead atoms. The number of nitrogens with one attached hydrogen (secondary N) is 2. The Morgan fingerprint density at radius 3 is 2.88 bits per heavy atom. The molecule has 2 heterocycles. The van der Waals surface area contributed by atoms with E-state index in [9.17, 15) is 9.90 Å². The summed E-state index contributed by atoms with van der Waals surface area (Å²) in [6.45, 7) is 1.54.